The van der Waals surface area contributed by atoms with E-state index in [0.29, 0.717) is 40.2 Å². The van der Waals surface area contributed by atoms with Crippen molar-refractivity contribution in [3.05, 3.63) is 66.0 Å². The molecule has 0 saturated heterocycles. The van der Waals surface area contributed by atoms with Crippen molar-refractivity contribution in [1.29, 1.82) is 0 Å². The molecule has 2 heterocycles. The quantitative estimate of drug-likeness (QED) is 0.377. The Labute approximate surface area is 195 Å². The molecule has 8 nitrogen and oxygen atoms in total. The molecule has 0 N–H and O–H groups in total. The number of carbonyl (C=O) groups is 1. The monoisotopic (exact) mass is 465 g/mol. The molecule has 0 aliphatic rings. The highest BCUT2D eigenvalue weighted by Gasteiger charge is 2.25. The molecule has 2 aromatic heterocycles. The van der Waals surface area contributed by atoms with Gasteiger partial charge in [-0.1, -0.05) is 17.4 Å². The lowest BCUT2D eigenvalue weighted by Crippen LogP contribution is -2.30. The van der Waals surface area contributed by atoms with Crippen molar-refractivity contribution in [2.45, 2.75) is 6.54 Å². The second-order valence-corrected chi connectivity index (χ2v) is 8.01. The maximum atomic E-state index is 13.8. The summed E-state index contributed by atoms with van der Waals surface area (Å²) in [5, 5.41) is 0.556. The van der Waals surface area contributed by atoms with Crippen molar-refractivity contribution in [1.82, 2.24) is 9.97 Å². The Balaban J connectivity index is 1.81. The normalized spacial score (nSPS) is 10.7. The summed E-state index contributed by atoms with van der Waals surface area (Å²) >= 11 is 1.43. The molecular formula is C24H23N3O5S. The Bertz CT molecular complexity index is 1250. The summed E-state index contributed by atoms with van der Waals surface area (Å²) in [5.41, 5.74) is 2.00. The fourth-order valence-corrected chi connectivity index (χ4v) is 4.34. The largest absolute Gasteiger partial charge is 0.497 e. The van der Waals surface area contributed by atoms with Gasteiger partial charge < -0.3 is 18.9 Å². The maximum absolute atomic E-state index is 13.8. The molecule has 4 aromatic rings. The molecule has 0 saturated carbocycles. The van der Waals surface area contributed by atoms with E-state index in [1.54, 1.807) is 36.5 Å². The minimum Gasteiger partial charge on any atom is -0.497 e. The van der Waals surface area contributed by atoms with E-state index in [2.05, 4.69) is 4.98 Å². The van der Waals surface area contributed by atoms with Crippen molar-refractivity contribution in [3.63, 3.8) is 0 Å². The molecular weight excluding hydrogens is 442 g/mol. The molecule has 0 aliphatic heterocycles. The first-order valence-corrected chi connectivity index (χ1v) is 10.8. The van der Waals surface area contributed by atoms with Crippen LogP contribution < -0.4 is 23.8 Å². The number of thiazole rings is 1. The predicted molar refractivity (Wildman–Crippen MR) is 127 cm³/mol. The van der Waals surface area contributed by atoms with Gasteiger partial charge in [-0.05, 0) is 35.9 Å². The van der Waals surface area contributed by atoms with Gasteiger partial charge in [0, 0.05) is 24.0 Å². The van der Waals surface area contributed by atoms with Crippen molar-refractivity contribution in [3.8, 4) is 23.0 Å². The van der Waals surface area contributed by atoms with E-state index in [1.165, 1.54) is 32.7 Å². The number of ether oxygens (including phenoxy) is 4. The highest BCUT2D eigenvalue weighted by molar-refractivity contribution is 7.22. The van der Waals surface area contributed by atoms with Gasteiger partial charge in [-0.2, -0.15) is 0 Å². The Hall–Kier alpha value is -3.85. The van der Waals surface area contributed by atoms with Gasteiger partial charge in [0.25, 0.3) is 5.91 Å². The number of rotatable bonds is 8. The van der Waals surface area contributed by atoms with E-state index in [-0.39, 0.29) is 5.91 Å². The molecule has 33 heavy (non-hydrogen) atoms. The standard InChI is InChI=1S/C24H23N3O5S/c1-29-17-7-8-21-18(12-17)26-24(33-21)27(14-15-6-5-9-25-13-15)23(28)16-10-19(30-2)22(32-4)20(11-16)31-3/h5-13H,14H2,1-4H3. The summed E-state index contributed by atoms with van der Waals surface area (Å²) in [6, 6.07) is 12.7. The highest BCUT2D eigenvalue weighted by Crippen LogP contribution is 2.39. The van der Waals surface area contributed by atoms with E-state index < -0.39 is 0 Å². The van der Waals surface area contributed by atoms with E-state index in [0.717, 1.165) is 15.8 Å². The van der Waals surface area contributed by atoms with Gasteiger partial charge >= 0.3 is 0 Å². The van der Waals surface area contributed by atoms with Crippen LogP contribution in [0.4, 0.5) is 5.13 Å². The minimum atomic E-state index is -0.260. The SMILES string of the molecule is COc1ccc2sc(N(Cc3cccnc3)C(=O)c3cc(OC)c(OC)c(OC)c3)nc2c1. The van der Waals surface area contributed by atoms with Crippen LogP contribution in [0.2, 0.25) is 0 Å². The lowest BCUT2D eigenvalue weighted by Gasteiger charge is -2.21. The van der Waals surface area contributed by atoms with Crippen LogP contribution >= 0.6 is 11.3 Å². The Morgan fingerprint density at radius 2 is 1.73 bits per heavy atom. The summed E-state index contributed by atoms with van der Waals surface area (Å²) in [6.07, 6.45) is 3.42. The second-order valence-electron chi connectivity index (χ2n) is 7.00. The Morgan fingerprint density at radius 1 is 0.970 bits per heavy atom. The average molecular weight is 466 g/mol. The Kier molecular flexibility index (Phi) is 6.60. The van der Waals surface area contributed by atoms with Crippen LogP contribution in [0, 0.1) is 0 Å². The summed E-state index contributed by atoms with van der Waals surface area (Å²) in [7, 11) is 6.16. The summed E-state index contributed by atoms with van der Waals surface area (Å²) in [4.78, 5) is 24.3. The van der Waals surface area contributed by atoms with Crippen LogP contribution in [0.5, 0.6) is 23.0 Å². The number of amides is 1. The molecule has 0 atom stereocenters. The third-order valence-corrected chi connectivity index (χ3v) is 6.09. The van der Waals surface area contributed by atoms with Gasteiger partial charge in [-0.15, -0.1) is 0 Å². The number of fused-ring (bicyclic) bond motifs is 1. The molecule has 0 aliphatic carbocycles. The van der Waals surface area contributed by atoms with Gasteiger partial charge in [0.05, 0.1) is 45.2 Å². The number of nitrogens with zero attached hydrogens (tertiary/aromatic N) is 3. The van der Waals surface area contributed by atoms with Gasteiger partial charge in [0.2, 0.25) is 5.75 Å². The third kappa shape index (κ3) is 4.54. The molecule has 9 heteroatoms. The first kappa shape index (κ1) is 22.3. The smallest absolute Gasteiger partial charge is 0.260 e. The topological polar surface area (TPSA) is 83.0 Å². The van der Waals surface area contributed by atoms with Crippen molar-refractivity contribution in [2.75, 3.05) is 33.3 Å². The molecule has 1 amide bonds. The lowest BCUT2D eigenvalue weighted by molar-refractivity contribution is 0.0984. The number of hydrogen-bond acceptors (Lipinski definition) is 8. The average Bonchev–Trinajstić information content (AvgIpc) is 3.29. The molecule has 4 rings (SSSR count). The van der Waals surface area contributed by atoms with E-state index in [4.69, 9.17) is 23.9 Å². The highest BCUT2D eigenvalue weighted by atomic mass is 32.1. The van der Waals surface area contributed by atoms with Gasteiger partial charge in [-0.25, -0.2) is 4.98 Å². The number of pyridine rings is 1. The number of anilines is 1. The lowest BCUT2D eigenvalue weighted by atomic mass is 10.1. The van der Waals surface area contributed by atoms with Crippen LogP contribution in [0.15, 0.2) is 54.9 Å². The maximum Gasteiger partial charge on any atom is 0.260 e. The van der Waals surface area contributed by atoms with Gasteiger partial charge in [-0.3, -0.25) is 14.7 Å². The van der Waals surface area contributed by atoms with Crippen LogP contribution in [0.1, 0.15) is 15.9 Å². The molecule has 0 bridgehead atoms. The van der Waals surface area contributed by atoms with Crippen LogP contribution in [-0.4, -0.2) is 44.3 Å². The minimum absolute atomic E-state index is 0.260. The zero-order valence-corrected chi connectivity index (χ0v) is 19.5. The zero-order valence-electron chi connectivity index (χ0n) is 18.7. The summed E-state index contributed by atoms with van der Waals surface area (Å²) in [5.74, 6) is 1.66. The number of aromatic nitrogens is 2. The number of carbonyl (C=O) groups excluding carboxylic acids is 1. The zero-order chi connectivity index (χ0) is 23.4. The first-order chi connectivity index (χ1) is 16.1. The van der Waals surface area contributed by atoms with Gasteiger partial charge in [0.1, 0.15) is 5.75 Å². The molecule has 0 unspecified atom stereocenters. The Morgan fingerprint density at radius 3 is 2.33 bits per heavy atom. The third-order valence-electron chi connectivity index (χ3n) is 5.03. The second kappa shape index (κ2) is 9.74. The summed E-state index contributed by atoms with van der Waals surface area (Å²) in [6.45, 7) is 0.292. The number of benzene rings is 2. The fourth-order valence-electron chi connectivity index (χ4n) is 3.40. The van der Waals surface area contributed by atoms with Crippen molar-refractivity contribution >= 4 is 32.6 Å². The van der Waals surface area contributed by atoms with Crippen LogP contribution in [0.3, 0.4) is 0 Å². The van der Waals surface area contributed by atoms with E-state index in [9.17, 15) is 4.79 Å². The van der Waals surface area contributed by atoms with E-state index >= 15 is 0 Å². The summed E-state index contributed by atoms with van der Waals surface area (Å²) < 4.78 is 22.5. The van der Waals surface area contributed by atoms with Gasteiger partial charge in [0.15, 0.2) is 16.6 Å². The predicted octanol–water partition coefficient (Wildman–Crippen LogP) is 4.57. The molecule has 2 aromatic carbocycles. The first-order valence-electron chi connectivity index (χ1n) is 10.0. The molecule has 0 radical (unpaired) electrons. The van der Waals surface area contributed by atoms with Crippen molar-refractivity contribution in [2.24, 2.45) is 0 Å². The van der Waals surface area contributed by atoms with Crippen LogP contribution in [0.25, 0.3) is 10.2 Å². The number of methoxy groups -OCH3 is 4. The fraction of sp³-hybridized carbons (Fsp3) is 0.208. The van der Waals surface area contributed by atoms with E-state index in [1.807, 2.05) is 30.3 Å². The molecule has 170 valence electrons. The molecule has 0 fully saturated rings. The van der Waals surface area contributed by atoms with Crippen LogP contribution in [-0.2, 0) is 6.54 Å². The number of hydrogen-bond donors (Lipinski definition) is 0. The molecule has 0 spiro atoms. The van der Waals surface area contributed by atoms with Crippen molar-refractivity contribution < 1.29 is 23.7 Å².